The van der Waals surface area contributed by atoms with E-state index in [9.17, 15) is 18.0 Å². The highest BCUT2D eigenvalue weighted by atomic mass is 32.2. The van der Waals surface area contributed by atoms with Crippen molar-refractivity contribution < 1.29 is 22.7 Å². The molecule has 0 spiro atoms. The number of carbonyl (C=O) groups is 2. The summed E-state index contributed by atoms with van der Waals surface area (Å²) in [5.74, 6) is 0.165. The molecule has 10 nitrogen and oxygen atoms in total. The number of esters is 1. The maximum Gasteiger partial charge on any atom is 0.348 e. The lowest BCUT2D eigenvalue weighted by Gasteiger charge is -2.21. The molecule has 4 rings (SSSR count). The number of carbonyl (C=O) groups excluding carboxylic acids is 2. The quantitative estimate of drug-likeness (QED) is 0.252. The summed E-state index contributed by atoms with van der Waals surface area (Å²) in [4.78, 5) is 34.5. The fraction of sp³-hybridized carbons (Fsp3) is 0.440. The zero-order valence-electron chi connectivity index (χ0n) is 20.9. The van der Waals surface area contributed by atoms with Crippen LogP contribution in [0.4, 0.5) is 16.3 Å². The second kappa shape index (κ2) is 11.9. The van der Waals surface area contributed by atoms with Crippen molar-refractivity contribution in [3.63, 3.8) is 0 Å². The smallest absolute Gasteiger partial charge is 0.348 e. The van der Waals surface area contributed by atoms with Crippen LogP contribution < -0.4 is 15.4 Å². The molecule has 0 atom stereocenters. The number of unbranched alkanes of at least 4 members (excludes halogenated alkanes) is 1. The Bertz CT molecular complexity index is 1370. The van der Waals surface area contributed by atoms with Crippen molar-refractivity contribution in [1.82, 2.24) is 20.0 Å². The average molecular weight is 546 g/mol. The van der Waals surface area contributed by atoms with Crippen molar-refractivity contribution in [3.05, 3.63) is 41.0 Å². The van der Waals surface area contributed by atoms with Gasteiger partial charge in [-0.05, 0) is 68.9 Å². The number of nitrogens with one attached hydrogen (secondary N) is 3. The summed E-state index contributed by atoms with van der Waals surface area (Å²) in [6.07, 6.45) is 8.14. The number of nitrogens with zero attached hydrogens (tertiary/aromatic N) is 2. The number of ether oxygens (including phenoxy) is 1. The molecule has 198 valence electrons. The van der Waals surface area contributed by atoms with Crippen molar-refractivity contribution in [2.24, 2.45) is 0 Å². The van der Waals surface area contributed by atoms with Gasteiger partial charge < -0.3 is 15.4 Å². The first-order valence-electron chi connectivity index (χ1n) is 12.4. The lowest BCUT2D eigenvalue weighted by Crippen LogP contribution is -2.39. The number of hydrogen-bond donors (Lipinski definition) is 3. The molecule has 0 aliphatic heterocycles. The highest BCUT2D eigenvalue weighted by Crippen LogP contribution is 2.35. The van der Waals surface area contributed by atoms with E-state index in [-0.39, 0.29) is 17.0 Å². The molecule has 3 aromatic rings. The molecule has 3 N–H and O–H groups in total. The summed E-state index contributed by atoms with van der Waals surface area (Å²) in [6, 6.07) is 5.20. The molecule has 1 aromatic carbocycles. The molecule has 1 fully saturated rings. The molecule has 2 aromatic heterocycles. The SMILES string of the molecule is CCCCNC(=O)NS(=O)(=O)c1ccc(Nc2ncnc3sc(C(=O)OC4CCCCC4)c(C)c23)cc1. The number of hydrogen-bond acceptors (Lipinski definition) is 9. The van der Waals surface area contributed by atoms with Gasteiger partial charge in [-0.1, -0.05) is 19.8 Å². The number of sulfonamides is 1. The second-order valence-electron chi connectivity index (χ2n) is 8.99. The fourth-order valence-electron chi connectivity index (χ4n) is 4.20. The maximum atomic E-state index is 12.9. The lowest BCUT2D eigenvalue weighted by atomic mass is 9.98. The average Bonchev–Trinajstić information content (AvgIpc) is 3.22. The van der Waals surface area contributed by atoms with Crippen LogP contribution in [-0.2, 0) is 14.8 Å². The van der Waals surface area contributed by atoms with E-state index in [1.165, 1.54) is 36.2 Å². The van der Waals surface area contributed by atoms with Gasteiger partial charge in [-0.25, -0.2) is 32.7 Å². The number of benzene rings is 1. The number of amides is 2. The molecule has 37 heavy (non-hydrogen) atoms. The zero-order valence-corrected chi connectivity index (χ0v) is 22.5. The van der Waals surface area contributed by atoms with Crippen molar-refractivity contribution in [2.45, 2.75) is 69.8 Å². The number of fused-ring (bicyclic) bond motifs is 1. The maximum absolute atomic E-state index is 12.9. The largest absolute Gasteiger partial charge is 0.458 e. The molecular formula is C25H31N5O5S2. The van der Waals surface area contributed by atoms with Crippen molar-refractivity contribution >= 4 is 55.1 Å². The van der Waals surface area contributed by atoms with Crippen LogP contribution in [0.1, 0.15) is 67.1 Å². The van der Waals surface area contributed by atoms with Crippen LogP contribution >= 0.6 is 11.3 Å². The molecule has 1 saturated carbocycles. The zero-order chi connectivity index (χ0) is 26.4. The van der Waals surface area contributed by atoms with E-state index in [1.807, 2.05) is 18.6 Å². The Kier molecular flexibility index (Phi) is 8.59. The van der Waals surface area contributed by atoms with Gasteiger partial charge in [0.15, 0.2) is 0 Å². The first-order valence-corrected chi connectivity index (χ1v) is 14.7. The predicted molar refractivity (Wildman–Crippen MR) is 143 cm³/mol. The molecule has 0 bridgehead atoms. The summed E-state index contributed by atoms with van der Waals surface area (Å²) in [5, 5.41) is 6.42. The highest BCUT2D eigenvalue weighted by Gasteiger charge is 2.24. The lowest BCUT2D eigenvalue weighted by molar-refractivity contribution is 0.0216. The van der Waals surface area contributed by atoms with E-state index in [2.05, 4.69) is 20.6 Å². The van der Waals surface area contributed by atoms with Crippen LogP contribution in [0.3, 0.4) is 0 Å². The van der Waals surface area contributed by atoms with Crippen molar-refractivity contribution in [1.29, 1.82) is 0 Å². The summed E-state index contributed by atoms with van der Waals surface area (Å²) in [6.45, 7) is 4.22. The van der Waals surface area contributed by atoms with Crippen LogP contribution in [0.15, 0.2) is 35.5 Å². The van der Waals surface area contributed by atoms with Crippen molar-refractivity contribution in [3.8, 4) is 0 Å². The Morgan fingerprint density at radius 2 is 1.84 bits per heavy atom. The Hall–Kier alpha value is -3.25. The first kappa shape index (κ1) is 26.8. The number of aromatic nitrogens is 2. The fourth-order valence-corrected chi connectivity index (χ4v) is 6.16. The third-order valence-corrected chi connectivity index (χ3v) is 8.74. The second-order valence-corrected chi connectivity index (χ2v) is 11.7. The molecule has 0 radical (unpaired) electrons. The molecular weight excluding hydrogens is 514 g/mol. The first-order chi connectivity index (χ1) is 17.8. The highest BCUT2D eigenvalue weighted by molar-refractivity contribution is 7.90. The van der Waals surface area contributed by atoms with Gasteiger partial charge in [-0.15, -0.1) is 11.3 Å². The van der Waals surface area contributed by atoms with Crippen molar-refractivity contribution in [2.75, 3.05) is 11.9 Å². The number of thiophene rings is 1. The van der Waals surface area contributed by atoms with E-state index >= 15 is 0 Å². The monoisotopic (exact) mass is 545 g/mol. The van der Waals surface area contributed by atoms with Crippen LogP contribution in [0.5, 0.6) is 0 Å². The molecule has 0 saturated heterocycles. The number of aryl methyl sites for hydroxylation is 1. The summed E-state index contributed by atoms with van der Waals surface area (Å²) >= 11 is 1.27. The van der Waals surface area contributed by atoms with Crippen LogP contribution in [0, 0.1) is 6.92 Å². The van der Waals surface area contributed by atoms with Crippen LogP contribution in [-0.4, -0.2) is 43.0 Å². The van der Waals surface area contributed by atoms with E-state index in [0.29, 0.717) is 33.1 Å². The minimum atomic E-state index is -4.01. The third-order valence-electron chi connectivity index (χ3n) is 6.21. The summed E-state index contributed by atoms with van der Waals surface area (Å²) < 4.78 is 32.8. The standard InChI is InChI=1S/C25H31N5O5S2/c1-3-4-14-26-25(32)30-37(33,34)19-12-10-17(11-13-19)29-22-20-16(2)21(36-23(20)28-15-27-22)24(31)35-18-8-6-5-7-9-18/h10-13,15,18H,3-9,14H2,1-2H3,(H2,26,30,32)(H,27,28,29). The third kappa shape index (κ3) is 6.55. The minimum Gasteiger partial charge on any atom is -0.458 e. The number of rotatable bonds is 9. The van der Waals surface area contributed by atoms with Crippen LogP contribution in [0.25, 0.3) is 10.2 Å². The Morgan fingerprint density at radius 3 is 2.54 bits per heavy atom. The van der Waals surface area contributed by atoms with Gasteiger partial charge in [0.05, 0.1) is 10.3 Å². The van der Waals surface area contributed by atoms with Gasteiger partial charge in [0, 0.05) is 12.2 Å². The Balaban J connectivity index is 1.48. The van der Waals surface area contributed by atoms with E-state index in [0.717, 1.165) is 44.1 Å². The van der Waals surface area contributed by atoms with E-state index < -0.39 is 16.1 Å². The van der Waals surface area contributed by atoms with Gasteiger partial charge in [-0.3, -0.25) is 0 Å². The molecule has 12 heteroatoms. The number of urea groups is 1. The molecule has 2 heterocycles. The van der Waals surface area contributed by atoms with Gasteiger partial charge in [0.25, 0.3) is 10.0 Å². The minimum absolute atomic E-state index is 0.0405. The van der Waals surface area contributed by atoms with Gasteiger partial charge in [0.2, 0.25) is 0 Å². The van der Waals surface area contributed by atoms with Gasteiger partial charge in [0.1, 0.15) is 28.0 Å². The van der Waals surface area contributed by atoms with Gasteiger partial charge >= 0.3 is 12.0 Å². The summed E-state index contributed by atoms with van der Waals surface area (Å²) in [5.41, 5.74) is 1.32. The predicted octanol–water partition coefficient (Wildman–Crippen LogP) is 5.02. The summed E-state index contributed by atoms with van der Waals surface area (Å²) in [7, 11) is -4.01. The van der Waals surface area contributed by atoms with Crippen LogP contribution in [0.2, 0.25) is 0 Å². The topological polar surface area (TPSA) is 139 Å². The Morgan fingerprint density at radius 1 is 1.11 bits per heavy atom. The molecule has 0 unspecified atom stereocenters. The number of anilines is 2. The van der Waals surface area contributed by atoms with E-state index in [4.69, 9.17) is 4.74 Å². The van der Waals surface area contributed by atoms with E-state index in [1.54, 1.807) is 12.1 Å². The molecule has 1 aliphatic rings. The van der Waals surface area contributed by atoms with Gasteiger partial charge in [-0.2, -0.15) is 0 Å². The normalized spacial score (nSPS) is 14.3. The molecule has 1 aliphatic carbocycles. The molecule has 2 amide bonds. The Labute approximate surface area is 220 Å².